The zero-order valence-corrected chi connectivity index (χ0v) is 18.1. The summed E-state index contributed by atoms with van der Waals surface area (Å²) in [4.78, 5) is 0. The fourth-order valence-electron chi connectivity index (χ4n) is 3.90. The van der Waals surface area contributed by atoms with Crippen LogP contribution >= 0.6 is 0 Å². The first-order chi connectivity index (χ1) is 14.8. The van der Waals surface area contributed by atoms with Crippen LogP contribution in [0.4, 0.5) is 5.69 Å². The lowest BCUT2D eigenvalue weighted by Crippen LogP contribution is -2.55. The maximum atomic E-state index is 10.5. The van der Waals surface area contributed by atoms with Gasteiger partial charge in [-0.2, -0.15) is 0 Å². The summed E-state index contributed by atoms with van der Waals surface area (Å²) in [5.41, 5.74) is 10.4. The number of allylic oxidation sites excluding steroid dienone is 5. The summed E-state index contributed by atoms with van der Waals surface area (Å²) >= 11 is 0. The molecule has 6 N–H and O–H groups in total. The molecular weight excluding hydrogens is 398 g/mol. The van der Waals surface area contributed by atoms with E-state index in [-0.39, 0.29) is 0 Å². The van der Waals surface area contributed by atoms with Gasteiger partial charge in [0.2, 0.25) is 0 Å². The second-order valence-electron chi connectivity index (χ2n) is 8.35. The van der Waals surface area contributed by atoms with E-state index in [9.17, 15) is 20.4 Å². The Morgan fingerprint density at radius 1 is 1.19 bits per heavy atom. The van der Waals surface area contributed by atoms with Gasteiger partial charge in [-0.25, -0.2) is 0 Å². The number of rotatable bonds is 8. The molecule has 2 fully saturated rings. The van der Waals surface area contributed by atoms with Gasteiger partial charge in [0, 0.05) is 17.3 Å². The van der Waals surface area contributed by atoms with Crippen molar-refractivity contribution >= 4 is 5.69 Å². The first-order valence-electron chi connectivity index (χ1n) is 10.6. The lowest BCUT2D eigenvalue weighted by molar-refractivity contribution is -0.232. The molecule has 7 heteroatoms. The second kappa shape index (κ2) is 9.97. The van der Waals surface area contributed by atoms with Crippen LogP contribution in [0.2, 0.25) is 0 Å². The zero-order chi connectivity index (χ0) is 22.7. The van der Waals surface area contributed by atoms with E-state index in [4.69, 9.17) is 15.2 Å². The van der Waals surface area contributed by atoms with E-state index < -0.39 is 37.1 Å². The maximum absolute atomic E-state index is 10.5. The molecule has 0 aromatic heterocycles. The molecule has 0 radical (unpaired) electrons. The minimum atomic E-state index is -1.47. The van der Waals surface area contributed by atoms with E-state index in [1.807, 2.05) is 6.08 Å². The number of benzene rings is 1. The predicted molar refractivity (Wildman–Crippen MR) is 119 cm³/mol. The maximum Gasteiger partial charge on any atom is 0.126 e. The average Bonchev–Trinajstić information content (AvgIpc) is 3.61. The van der Waals surface area contributed by atoms with E-state index in [1.165, 1.54) is 25.5 Å². The van der Waals surface area contributed by atoms with E-state index >= 15 is 0 Å². The van der Waals surface area contributed by atoms with Gasteiger partial charge in [0.1, 0.15) is 36.3 Å². The van der Waals surface area contributed by atoms with E-state index in [1.54, 1.807) is 18.2 Å². The van der Waals surface area contributed by atoms with Crippen LogP contribution in [0.15, 0.2) is 48.1 Å². The normalized spacial score (nSPS) is 29.7. The Bertz CT molecular complexity index is 858. The van der Waals surface area contributed by atoms with Crippen LogP contribution in [0.25, 0.3) is 0 Å². The van der Waals surface area contributed by atoms with Crippen molar-refractivity contribution < 1.29 is 29.9 Å². The van der Waals surface area contributed by atoms with Crippen LogP contribution in [0.5, 0.6) is 5.75 Å². The van der Waals surface area contributed by atoms with Crippen molar-refractivity contribution in [1.82, 2.24) is 0 Å². The minimum Gasteiger partial charge on any atom is -0.496 e. The molecule has 0 bridgehead atoms. The Balaban J connectivity index is 1.93. The van der Waals surface area contributed by atoms with Gasteiger partial charge < -0.3 is 35.6 Å². The smallest absolute Gasteiger partial charge is 0.126 e. The van der Waals surface area contributed by atoms with Crippen molar-refractivity contribution in [2.24, 2.45) is 5.92 Å². The molecule has 0 spiro atoms. The molecule has 170 valence electrons. The Labute approximate surface area is 183 Å². The van der Waals surface area contributed by atoms with Crippen molar-refractivity contribution in [1.29, 1.82) is 0 Å². The van der Waals surface area contributed by atoms with Crippen LogP contribution in [-0.4, -0.2) is 58.6 Å². The largest absolute Gasteiger partial charge is 0.496 e. The molecule has 1 aromatic rings. The van der Waals surface area contributed by atoms with Gasteiger partial charge >= 0.3 is 0 Å². The van der Waals surface area contributed by atoms with Gasteiger partial charge in [0.05, 0.1) is 13.7 Å². The van der Waals surface area contributed by atoms with Crippen LogP contribution in [0, 0.1) is 5.92 Å². The summed E-state index contributed by atoms with van der Waals surface area (Å²) < 4.78 is 11.2. The van der Waals surface area contributed by atoms with E-state index in [2.05, 4.69) is 19.6 Å². The standard InChI is InChI=1S/C24H33NO6/c1-4-14(6-5-13(2)15-7-8-15)9-16-10-17(19(30-3)11-18(16)25)24-23(29)22(28)21(27)20(12-26)31-24/h4-6,10-11,15,20-24,26-29H,1,7-9,12,25H2,2-3H3/b13-5+,14-6+/t20-,21-,22?,23-,24+/m1/s1. The van der Waals surface area contributed by atoms with Gasteiger partial charge in [0.25, 0.3) is 0 Å². The highest BCUT2D eigenvalue weighted by Gasteiger charge is 2.45. The SMILES string of the molecule is C=C/C(=C\C=C(/C)C1CC1)Cc1cc([C@@H]2O[C@H](CO)[C@@H](O)C(O)[C@H]2O)c(OC)cc1N. The monoisotopic (exact) mass is 431 g/mol. The van der Waals surface area contributed by atoms with E-state index in [0.717, 1.165) is 11.1 Å². The highest BCUT2D eigenvalue weighted by molar-refractivity contribution is 5.57. The third-order valence-electron chi connectivity index (χ3n) is 6.13. The molecule has 1 heterocycles. The van der Waals surface area contributed by atoms with Crippen LogP contribution in [0.3, 0.4) is 0 Å². The number of methoxy groups -OCH3 is 1. The fraction of sp³-hybridized carbons (Fsp3) is 0.500. The molecule has 1 aliphatic carbocycles. The number of nitrogens with two attached hydrogens (primary N) is 1. The Kier molecular flexibility index (Phi) is 7.56. The molecule has 5 atom stereocenters. The zero-order valence-electron chi connectivity index (χ0n) is 18.1. The molecule has 1 aliphatic heterocycles. The lowest BCUT2D eigenvalue weighted by atomic mass is 9.89. The van der Waals surface area contributed by atoms with Crippen molar-refractivity contribution in [2.75, 3.05) is 19.5 Å². The third-order valence-corrected chi connectivity index (χ3v) is 6.13. The first-order valence-corrected chi connectivity index (χ1v) is 10.6. The Hall–Kier alpha value is -2.16. The summed E-state index contributed by atoms with van der Waals surface area (Å²) in [5.74, 6) is 1.07. The van der Waals surface area contributed by atoms with Gasteiger partial charge in [0.15, 0.2) is 0 Å². The van der Waals surface area contributed by atoms with Crippen molar-refractivity contribution in [3.05, 3.63) is 59.2 Å². The number of hydrogen-bond donors (Lipinski definition) is 5. The van der Waals surface area contributed by atoms with Gasteiger partial charge in [-0.1, -0.05) is 30.4 Å². The second-order valence-corrected chi connectivity index (χ2v) is 8.35. The lowest BCUT2D eigenvalue weighted by Gasteiger charge is -2.40. The summed E-state index contributed by atoms with van der Waals surface area (Å²) in [7, 11) is 1.47. The molecule has 3 rings (SSSR count). The van der Waals surface area contributed by atoms with Gasteiger partial charge in [-0.3, -0.25) is 0 Å². The highest BCUT2D eigenvalue weighted by Crippen LogP contribution is 2.39. The molecule has 7 nitrogen and oxygen atoms in total. The predicted octanol–water partition coefficient (Wildman–Crippen LogP) is 1.80. The highest BCUT2D eigenvalue weighted by atomic mass is 16.5. The molecule has 2 aliphatic rings. The topological polar surface area (TPSA) is 125 Å². The summed E-state index contributed by atoms with van der Waals surface area (Å²) in [5, 5.41) is 40.3. The molecular formula is C24H33NO6. The summed E-state index contributed by atoms with van der Waals surface area (Å²) in [6.07, 6.45) is 2.64. The first kappa shape index (κ1) is 23.5. The number of ether oxygens (including phenoxy) is 2. The number of hydrogen-bond acceptors (Lipinski definition) is 7. The number of aliphatic hydroxyl groups excluding tert-OH is 4. The van der Waals surface area contributed by atoms with Gasteiger partial charge in [-0.15, -0.1) is 0 Å². The molecule has 1 aromatic carbocycles. The van der Waals surface area contributed by atoms with Crippen molar-refractivity contribution in [3.63, 3.8) is 0 Å². The summed E-state index contributed by atoms with van der Waals surface area (Å²) in [6.45, 7) is 5.54. The van der Waals surface area contributed by atoms with Crippen LogP contribution < -0.4 is 10.5 Å². The third kappa shape index (κ3) is 5.19. The molecule has 0 amide bonds. The number of nitrogen functional groups attached to an aromatic ring is 1. The number of anilines is 1. The van der Waals surface area contributed by atoms with E-state index in [0.29, 0.717) is 29.3 Å². The van der Waals surface area contributed by atoms with Crippen molar-refractivity contribution in [3.8, 4) is 5.75 Å². The Morgan fingerprint density at radius 2 is 1.90 bits per heavy atom. The fourth-order valence-corrected chi connectivity index (χ4v) is 3.90. The minimum absolute atomic E-state index is 0.388. The molecule has 1 saturated heterocycles. The molecule has 31 heavy (non-hydrogen) atoms. The Morgan fingerprint density at radius 3 is 2.48 bits per heavy atom. The number of aliphatic hydroxyl groups is 4. The van der Waals surface area contributed by atoms with Crippen molar-refractivity contribution in [2.45, 2.75) is 56.7 Å². The van der Waals surface area contributed by atoms with Crippen LogP contribution in [0.1, 0.15) is 37.0 Å². The molecule has 1 saturated carbocycles. The average molecular weight is 432 g/mol. The molecule has 1 unspecified atom stereocenters. The quantitative estimate of drug-likeness (QED) is 0.314. The van der Waals surface area contributed by atoms with Gasteiger partial charge in [-0.05, 0) is 49.3 Å². The summed E-state index contributed by atoms with van der Waals surface area (Å²) in [6, 6.07) is 3.42. The van der Waals surface area contributed by atoms with Crippen LogP contribution in [-0.2, 0) is 11.2 Å².